The molecule has 1 heterocycles. The van der Waals surface area contributed by atoms with Crippen LogP contribution in [-0.2, 0) is 4.79 Å². The Labute approximate surface area is 115 Å². The van der Waals surface area contributed by atoms with Crippen LogP contribution < -0.4 is 11.1 Å². The summed E-state index contributed by atoms with van der Waals surface area (Å²) in [7, 11) is 1.73. The van der Waals surface area contributed by atoms with E-state index in [-0.39, 0.29) is 5.91 Å². The number of carbonyl (C=O) groups is 1. The fourth-order valence-electron chi connectivity index (χ4n) is 1.63. The fraction of sp³-hybridized carbons (Fsp3) is 0.385. The first kappa shape index (κ1) is 13.9. The fourth-order valence-corrected chi connectivity index (χ4v) is 2.62. The molecule has 2 rings (SSSR count). The van der Waals surface area contributed by atoms with E-state index in [9.17, 15) is 4.79 Å². The second-order valence-electron chi connectivity index (χ2n) is 4.49. The van der Waals surface area contributed by atoms with Crippen molar-refractivity contribution >= 4 is 28.8 Å². The Morgan fingerprint density at radius 2 is 2.26 bits per heavy atom. The van der Waals surface area contributed by atoms with Crippen molar-refractivity contribution in [1.29, 1.82) is 0 Å². The molecule has 0 aliphatic rings. The van der Waals surface area contributed by atoms with Crippen LogP contribution in [0.4, 0.5) is 0 Å². The van der Waals surface area contributed by atoms with Crippen molar-refractivity contribution < 1.29 is 9.21 Å². The van der Waals surface area contributed by atoms with Crippen molar-refractivity contribution in [3.05, 3.63) is 24.3 Å². The van der Waals surface area contributed by atoms with Gasteiger partial charge in [0.25, 0.3) is 5.22 Å². The highest BCUT2D eigenvalue weighted by Crippen LogP contribution is 2.25. The zero-order valence-corrected chi connectivity index (χ0v) is 11.8. The minimum absolute atomic E-state index is 0.354. The molecule has 0 fully saturated rings. The third-order valence-electron chi connectivity index (χ3n) is 3.20. The van der Waals surface area contributed by atoms with E-state index in [0.717, 1.165) is 11.1 Å². The Morgan fingerprint density at radius 1 is 1.53 bits per heavy atom. The summed E-state index contributed by atoms with van der Waals surface area (Å²) in [5.41, 5.74) is 6.30. The monoisotopic (exact) mass is 279 g/mol. The topological polar surface area (TPSA) is 81.2 Å². The lowest BCUT2D eigenvalue weighted by Gasteiger charge is -2.24. The van der Waals surface area contributed by atoms with E-state index in [4.69, 9.17) is 10.2 Å². The highest BCUT2D eigenvalue weighted by Gasteiger charge is 2.28. The van der Waals surface area contributed by atoms with Gasteiger partial charge >= 0.3 is 0 Å². The molecule has 0 spiro atoms. The van der Waals surface area contributed by atoms with E-state index in [1.165, 1.54) is 11.8 Å². The Bertz CT molecular complexity index is 551. The molecule has 102 valence electrons. The molecule has 3 N–H and O–H groups in total. The van der Waals surface area contributed by atoms with Crippen LogP contribution in [-0.4, -0.2) is 29.2 Å². The first-order valence-electron chi connectivity index (χ1n) is 6.02. The average Bonchev–Trinajstić information content (AvgIpc) is 2.80. The van der Waals surface area contributed by atoms with E-state index in [2.05, 4.69) is 10.3 Å². The Balaban J connectivity index is 1.97. The van der Waals surface area contributed by atoms with Crippen molar-refractivity contribution in [2.75, 3.05) is 12.8 Å². The van der Waals surface area contributed by atoms with Crippen LogP contribution in [0.5, 0.6) is 0 Å². The second kappa shape index (κ2) is 5.63. The van der Waals surface area contributed by atoms with E-state index < -0.39 is 5.54 Å². The van der Waals surface area contributed by atoms with Gasteiger partial charge in [0.15, 0.2) is 5.58 Å². The van der Waals surface area contributed by atoms with Crippen molar-refractivity contribution in [3.63, 3.8) is 0 Å². The lowest BCUT2D eigenvalue weighted by Crippen LogP contribution is -2.51. The third kappa shape index (κ3) is 3.08. The summed E-state index contributed by atoms with van der Waals surface area (Å²) in [5.74, 6) is 0.348. The minimum atomic E-state index is -0.695. The second-order valence-corrected chi connectivity index (χ2v) is 5.54. The lowest BCUT2D eigenvalue weighted by molar-refractivity contribution is -0.123. The summed E-state index contributed by atoms with van der Waals surface area (Å²) in [6.07, 6.45) is 0.613. The van der Waals surface area contributed by atoms with Crippen molar-refractivity contribution in [1.82, 2.24) is 10.3 Å². The summed E-state index contributed by atoms with van der Waals surface area (Å²) in [6.45, 7) is 1.79. The van der Waals surface area contributed by atoms with Crippen LogP contribution in [0.1, 0.15) is 13.3 Å². The van der Waals surface area contributed by atoms with E-state index in [1.54, 1.807) is 14.0 Å². The van der Waals surface area contributed by atoms with Gasteiger partial charge in [-0.15, -0.1) is 0 Å². The summed E-state index contributed by atoms with van der Waals surface area (Å²) >= 11 is 1.48. The molecule has 0 saturated carbocycles. The number of rotatable bonds is 6. The molecule has 1 amide bonds. The van der Waals surface area contributed by atoms with Gasteiger partial charge in [0.05, 0.1) is 5.54 Å². The number of likely N-dealkylation sites (N-methyl/N-ethyl adjacent to an activating group) is 1. The number of hydrogen-bond acceptors (Lipinski definition) is 5. The molecule has 1 aromatic carbocycles. The molecular weight excluding hydrogens is 262 g/mol. The number of para-hydroxylation sites is 2. The molecule has 5 nitrogen and oxygen atoms in total. The summed E-state index contributed by atoms with van der Waals surface area (Å²) in [6, 6.07) is 7.62. The van der Waals surface area contributed by atoms with Gasteiger partial charge < -0.3 is 15.5 Å². The maximum absolute atomic E-state index is 11.3. The number of oxazole rings is 1. The first-order chi connectivity index (χ1) is 9.05. The van der Waals surface area contributed by atoms with Crippen LogP contribution in [0.15, 0.2) is 33.9 Å². The zero-order valence-electron chi connectivity index (χ0n) is 11.0. The Morgan fingerprint density at radius 3 is 2.89 bits per heavy atom. The van der Waals surface area contributed by atoms with Gasteiger partial charge in [-0.2, -0.15) is 0 Å². The summed E-state index contributed by atoms with van der Waals surface area (Å²) < 4.78 is 5.59. The van der Waals surface area contributed by atoms with Crippen molar-refractivity contribution in [2.24, 2.45) is 5.73 Å². The Kier molecular flexibility index (Phi) is 4.11. The Hall–Kier alpha value is -1.53. The number of primary amides is 1. The molecule has 1 atom stereocenters. The number of nitrogens with two attached hydrogens (primary N) is 1. The molecule has 0 aliphatic carbocycles. The van der Waals surface area contributed by atoms with Crippen molar-refractivity contribution in [2.45, 2.75) is 24.1 Å². The SMILES string of the molecule is CNC(C)(CCSc1nc2ccccc2o1)C(N)=O. The summed E-state index contributed by atoms with van der Waals surface area (Å²) in [5, 5.41) is 3.57. The average molecular weight is 279 g/mol. The van der Waals surface area contributed by atoms with E-state index >= 15 is 0 Å². The molecule has 0 aliphatic heterocycles. The quantitative estimate of drug-likeness (QED) is 0.788. The molecule has 19 heavy (non-hydrogen) atoms. The van der Waals surface area contributed by atoms with Crippen LogP contribution >= 0.6 is 11.8 Å². The molecule has 2 aromatic rings. The lowest BCUT2D eigenvalue weighted by atomic mass is 9.99. The van der Waals surface area contributed by atoms with Gasteiger partial charge in [0, 0.05) is 5.75 Å². The number of amides is 1. The molecule has 0 saturated heterocycles. The number of nitrogens with zero attached hydrogens (tertiary/aromatic N) is 1. The van der Waals surface area contributed by atoms with Gasteiger partial charge in [-0.25, -0.2) is 4.98 Å². The normalized spacial score (nSPS) is 14.4. The predicted molar refractivity (Wildman–Crippen MR) is 76.0 cm³/mol. The van der Waals surface area contributed by atoms with Crippen LogP contribution in [0.25, 0.3) is 11.1 Å². The minimum Gasteiger partial charge on any atom is -0.431 e. The largest absolute Gasteiger partial charge is 0.431 e. The van der Waals surface area contributed by atoms with E-state index in [1.807, 2.05) is 24.3 Å². The van der Waals surface area contributed by atoms with Crippen LogP contribution in [0.3, 0.4) is 0 Å². The maximum Gasteiger partial charge on any atom is 0.256 e. The van der Waals surface area contributed by atoms with Gasteiger partial charge in [-0.05, 0) is 32.5 Å². The molecule has 0 radical (unpaired) electrons. The number of nitrogens with one attached hydrogen (secondary N) is 1. The zero-order chi connectivity index (χ0) is 13.9. The summed E-state index contributed by atoms with van der Waals surface area (Å²) in [4.78, 5) is 15.7. The number of aromatic nitrogens is 1. The molecule has 1 aromatic heterocycles. The number of carbonyl (C=O) groups excluding carboxylic acids is 1. The molecule has 0 bridgehead atoms. The maximum atomic E-state index is 11.3. The van der Waals surface area contributed by atoms with Crippen LogP contribution in [0.2, 0.25) is 0 Å². The smallest absolute Gasteiger partial charge is 0.256 e. The number of hydrogen-bond donors (Lipinski definition) is 2. The number of benzene rings is 1. The third-order valence-corrected chi connectivity index (χ3v) is 4.03. The molecule has 1 unspecified atom stereocenters. The first-order valence-corrected chi connectivity index (χ1v) is 7.01. The number of fused-ring (bicyclic) bond motifs is 1. The van der Waals surface area contributed by atoms with Gasteiger partial charge in [0.2, 0.25) is 5.91 Å². The predicted octanol–water partition coefficient (Wildman–Crippen LogP) is 1.77. The van der Waals surface area contributed by atoms with Crippen molar-refractivity contribution in [3.8, 4) is 0 Å². The highest BCUT2D eigenvalue weighted by atomic mass is 32.2. The molecule has 6 heteroatoms. The standard InChI is InChI=1S/C13H17N3O2S/c1-13(15-2,11(14)17)7-8-19-12-16-9-5-3-4-6-10(9)18-12/h3-6,15H,7-8H2,1-2H3,(H2,14,17). The number of thioether (sulfide) groups is 1. The van der Waals surface area contributed by atoms with Gasteiger partial charge in [-0.1, -0.05) is 23.9 Å². The molecular formula is C13H17N3O2S. The van der Waals surface area contributed by atoms with Gasteiger partial charge in [-0.3, -0.25) is 4.79 Å². The highest BCUT2D eigenvalue weighted by molar-refractivity contribution is 7.99. The van der Waals surface area contributed by atoms with Crippen LogP contribution in [0, 0.1) is 0 Å². The van der Waals surface area contributed by atoms with E-state index in [0.29, 0.717) is 17.4 Å². The van der Waals surface area contributed by atoms with Gasteiger partial charge in [0.1, 0.15) is 5.52 Å².